The molecule has 1 saturated carbocycles. The van der Waals surface area contributed by atoms with Crippen molar-refractivity contribution in [1.82, 2.24) is 19.3 Å². The van der Waals surface area contributed by atoms with Crippen molar-refractivity contribution in [2.75, 3.05) is 0 Å². The maximum atomic E-state index is 12.2. The van der Waals surface area contributed by atoms with Crippen molar-refractivity contribution >= 4 is 11.0 Å². The molecular weight excluding hydrogens is 220 g/mol. The number of hydrogen-bond donors (Lipinski definition) is 1. The summed E-state index contributed by atoms with van der Waals surface area (Å²) in [5.74, 6) is 0. The van der Waals surface area contributed by atoms with Crippen LogP contribution in [0.15, 0.2) is 17.3 Å². The van der Waals surface area contributed by atoms with Crippen LogP contribution in [0.25, 0.3) is 11.0 Å². The second kappa shape index (κ2) is 3.66. The molecule has 0 aliphatic heterocycles. The zero-order valence-corrected chi connectivity index (χ0v) is 9.58. The Morgan fingerprint density at radius 2 is 2.29 bits per heavy atom. The summed E-state index contributed by atoms with van der Waals surface area (Å²) in [5, 5.41) is 14.4. The Morgan fingerprint density at radius 1 is 1.47 bits per heavy atom. The first-order valence-corrected chi connectivity index (χ1v) is 5.75. The molecular formula is C11H14N4O2. The van der Waals surface area contributed by atoms with Crippen molar-refractivity contribution in [2.45, 2.75) is 31.4 Å². The first kappa shape index (κ1) is 10.5. The van der Waals surface area contributed by atoms with Crippen molar-refractivity contribution < 1.29 is 5.11 Å². The minimum absolute atomic E-state index is 0.117. The zero-order chi connectivity index (χ0) is 12.0. The Labute approximate surface area is 97.5 Å². The zero-order valence-electron chi connectivity index (χ0n) is 9.58. The fourth-order valence-electron chi connectivity index (χ4n) is 2.53. The first-order valence-electron chi connectivity index (χ1n) is 5.75. The van der Waals surface area contributed by atoms with E-state index in [4.69, 9.17) is 0 Å². The topological polar surface area (TPSA) is 72.9 Å². The average Bonchev–Trinajstić information content (AvgIpc) is 2.88. The minimum atomic E-state index is -0.441. The Balaban J connectivity index is 2.18. The molecule has 1 N–H and O–H groups in total. The molecule has 0 spiro atoms. The summed E-state index contributed by atoms with van der Waals surface area (Å²) in [7, 11) is 1.75. The van der Waals surface area contributed by atoms with E-state index < -0.39 is 6.10 Å². The van der Waals surface area contributed by atoms with Gasteiger partial charge in [0.05, 0.1) is 18.3 Å². The lowest BCUT2D eigenvalue weighted by atomic mass is 10.2. The van der Waals surface area contributed by atoms with E-state index >= 15 is 0 Å². The number of rotatable bonds is 1. The van der Waals surface area contributed by atoms with Crippen LogP contribution in [0.1, 0.15) is 25.3 Å². The van der Waals surface area contributed by atoms with E-state index in [0.717, 1.165) is 19.3 Å². The van der Waals surface area contributed by atoms with Crippen LogP contribution < -0.4 is 5.56 Å². The minimum Gasteiger partial charge on any atom is -0.391 e. The quantitative estimate of drug-likeness (QED) is 0.765. The number of aromatic nitrogens is 4. The van der Waals surface area contributed by atoms with E-state index in [9.17, 15) is 9.90 Å². The lowest BCUT2D eigenvalue weighted by Gasteiger charge is -2.16. The lowest BCUT2D eigenvalue weighted by Crippen LogP contribution is -2.29. The standard InChI is InChI=1S/C11H14N4O2/c1-14-10-7(5-13-14)11(17)15(6-12-10)8-3-2-4-9(8)16/h5-6,8-9,16H,2-4H2,1H3/t8-,9-/m0/s1. The summed E-state index contributed by atoms with van der Waals surface area (Å²) in [6, 6.07) is -0.139. The highest BCUT2D eigenvalue weighted by molar-refractivity contribution is 5.72. The molecule has 1 aliphatic carbocycles. The largest absolute Gasteiger partial charge is 0.391 e. The van der Waals surface area contributed by atoms with Crippen molar-refractivity contribution in [3.8, 4) is 0 Å². The molecule has 0 saturated heterocycles. The number of hydrogen-bond acceptors (Lipinski definition) is 4. The average molecular weight is 234 g/mol. The van der Waals surface area contributed by atoms with Gasteiger partial charge >= 0.3 is 0 Å². The van der Waals surface area contributed by atoms with E-state index in [1.165, 1.54) is 12.5 Å². The first-order chi connectivity index (χ1) is 8.18. The predicted molar refractivity (Wildman–Crippen MR) is 61.7 cm³/mol. The second-order valence-corrected chi connectivity index (χ2v) is 4.53. The maximum Gasteiger partial charge on any atom is 0.264 e. The van der Waals surface area contributed by atoms with Crippen molar-refractivity contribution in [2.24, 2.45) is 7.05 Å². The highest BCUT2D eigenvalue weighted by Crippen LogP contribution is 2.28. The predicted octanol–water partition coefficient (Wildman–Crippen LogP) is 0.216. The number of fused-ring (bicyclic) bond motifs is 1. The molecule has 0 radical (unpaired) electrons. The van der Waals surface area contributed by atoms with Gasteiger partial charge in [-0.25, -0.2) is 4.98 Å². The van der Waals surface area contributed by atoms with E-state index in [-0.39, 0.29) is 11.6 Å². The fourth-order valence-corrected chi connectivity index (χ4v) is 2.53. The molecule has 6 heteroatoms. The molecule has 1 aliphatic rings. The Bertz CT molecular complexity index is 615. The highest BCUT2D eigenvalue weighted by atomic mass is 16.3. The van der Waals surface area contributed by atoms with Gasteiger partial charge in [-0.1, -0.05) is 0 Å². The van der Waals surface area contributed by atoms with Gasteiger partial charge in [0.25, 0.3) is 5.56 Å². The van der Waals surface area contributed by atoms with E-state index in [1.807, 2.05) is 0 Å². The van der Waals surface area contributed by atoms with Crippen LogP contribution in [0.4, 0.5) is 0 Å². The van der Waals surface area contributed by atoms with Gasteiger partial charge in [0.15, 0.2) is 5.65 Å². The molecule has 2 aromatic rings. The number of nitrogens with zero attached hydrogens (tertiary/aromatic N) is 4. The smallest absolute Gasteiger partial charge is 0.264 e. The van der Waals surface area contributed by atoms with Gasteiger partial charge in [0, 0.05) is 7.05 Å². The third-order valence-corrected chi connectivity index (χ3v) is 3.48. The summed E-state index contributed by atoms with van der Waals surface area (Å²) in [5.41, 5.74) is 0.466. The van der Waals surface area contributed by atoms with Crippen LogP contribution in [0.2, 0.25) is 0 Å². The maximum absolute atomic E-state index is 12.2. The molecule has 2 heterocycles. The van der Waals surface area contributed by atoms with E-state index in [2.05, 4.69) is 10.1 Å². The molecule has 0 unspecified atom stereocenters. The molecule has 17 heavy (non-hydrogen) atoms. The molecule has 3 rings (SSSR count). The molecule has 1 fully saturated rings. The summed E-state index contributed by atoms with van der Waals surface area (Å²) in [6.07, 6.45) is 5.14. The SMILES string of the molecule is Cn1ncc2c(=O)n([C@H]3CCC[C@@H]3O)cnc21. The van der Waals surface area contributed by atoms with Crippen molar-refractivity contribution in [3.63, 3.8) is 0 Å². The lowest BCUT2D eigenvalue weighted by molar-refractivity contribution is 0.134. The molecule has 6 nitrogen and oxygen atoms in total. The van der Waals surface area contributed by atoms with Gasteiger partial charge in [-0.3, -0.25) is 14.0 Å². The molecule has 0 aromatic carbocycles. The van der Waals surface area contributed by atoms with Crippen molar-refractivity contribution in [1.29, 1.82) is 0 Å². The number of aryl methyl sites for hydroxylation is 1. The van der Waals surface area contributed by atoms with E-state index in [1.54, 1.807) is 16.3 Å². The van der Waals surface area contributed by atoms with Crippen LogP contribution >= 0.6 is 0 Å². The van der Waals surface area contributed by atoms with Crippen LogP contribution in [-0.2, 0) is 7.05 Å². The van der Waals surface area contributed by atoms with Gasteiger partial charge < -0.3 is 5.11 Å². The summed E-state index contributed by atoms with van der Waals surface area (Å²) < 4.78 is 3.12. The van der Waals surface area contributed by atoms with Crippen LogP contribution in [0, 0.1) is 0 Å². The molecule has 0 bridgehead atoms. The van der Waals surface area contributed by atoms with Gasteiger partial charge in [-0.2, -0.15) is 5.10 Å². The molecule has 2 atom stereocenters. The van der Waals surface area contributed by atoms with Gasteiger partial charge in [0.1, 0.15) is 11.7 Å². The summed E-state index contributed by atoms with van der Waals surface area (Å²) in [6.45, 7) is 0. The Hall–Kier alpha value is -1.69. The number of aliphatic hydroxyl groups excluding tert-OH is 1. The summed E-state index contributed by atoms with van der Waals surface area (Å²) in [4.78, 5) is 16.5. The fraction of sp³-hybridized carbons (Fsp3) is 0.545. The van der Waals surface area contributed by atoms with E-state index in [0.29, 0.717) is 11.0 Å². The Kier molecular flexibility index (Phi) is 2.25. The van der Waals surface area contributed by atoms with Crippen molar-refractivity contribution in [3.05, 3.63) is 22.9 Å². The molecule has 2 aromatic heterocycles. The third-order valence-electron chi connectivity index (χ3n) is 3.48. The second-order valence-electron chi connectivity index (χ2n) is 4.53. The Morgan fingerprint density at radius 3 is 3.00 bits per heavy atom. The van der Waals surface area contributed by atoms with Crippen LogP contribution in [-0.4, -0.2) is 30.5 Å². The molecule has 90 valence electrons. The van der Waals surface area contributed by atoms with Gasteiger partial charge in [-0.15, -0.1) is 0 Å². The highest BCUT2D eigenvalue weighted by Gasteiger charge is 2.28. The molecule has 0 amide bonds. The third kappa shape index (κ3) is 1.48. The normalized spacial score (nSPS) is 24.6. The van der Waals surface area contributed by atoms with Crippen LogP contribution in [0.3, 0.4) is 0 Å². The summed E-state index contributed by atoms with van der Waals surface area (Å²) >= 11 is 0. The number of aliphatic hydroxyl groups is 1. The monoisotopic (exact) mass is 234 g/mol. The van der Waals surface area contributed by atoms with Gasteiger partial charge in [-0.05, 0) is 19.3 Å². The van der Waals surface area contributed by atoms with Crippen LogP contribution in [0.5, 0.6) is 0 Å². The van der Waals surface area contributed by atoms with Gasteiger partial charge in [0.2, 0.25) is 0 Å².